The highest BCUT2D eigenvalue weighted by Gasteiger charge is 2.30. The molecule has 1 aliphatic heterocycles. The number of fused-ring (bicyclic) bond motifs is 1. The lowest BCUT2D eigenvalue weighted by Crippen LogP contribution is -2.39. The molecular weight excluding hydrogens is 262 g/mol. The van der Waals surface area contributed by atoms with Crippen molar-refractivity contribution in [3.05, 3.63) is 29.5 Å². The van der Waals surface area contributed by atoms with Crippen LogP contribution in [0.5, 0.6) is 0 Å². The number of hydrogen-bond donors (Lipinski definition) is 3. The van der Waals surface area contributed by atoms with Crippen molar-refractivity contribution in [3.63, 3.8) is 0 Å². The molecule has 7 nitrogen and oxygen atoms in total. The zero-order valence-corrected chi connectivity index (χ0v) is 10.3. The summed E-state index contributed by atoms with van der Waals surface area (Å²) < 4.78 is 0. The number of aromatic nitrogens is 2. The molecule has 7 heteroatoms. The number of amides is 2. The van der Waals surface area contributed by atoms with E-state index in [1.807, 2.05) is 0 Å². The summed E-state index contributed by atoms with van der Waals surface area (Å²) in [5.74, 6) is -2.22. The first kappa shape index (κ1) is 12.3. The highest BCUT2D eigenvalue weighted by atomic mass is 16.4. The third-order valence-corrected chi connectivity index (χ3v) is 3.42. The Kier molecular flexibility index (Phi) is 2.74. The van der Waals surface area contributed by atoms with Gasteiger partial charge in [-0.1, -0.05) is 0 Å². The summed E-state index contributed by atoms with van der Waals surface area (Å²) in [4.78, 5) is 34.0. The fourth-order valence-electron chi connectivity index (χ4n) is 2.40. The fraction of sp³-hybridized carbons (Fsp3) is 0.231. The number of piperidine rings is 1. The standard InChI is InChI=1S/C13H11N3O4/c17-10-4-2-7(12(18)14-10)11-8-5-6(13(19)20)1-3-9(8)15-16-11/h1,3,5,7H,2,4H2,(H,15,16)(H,19,20)(H,14,17,18). The predicted octanol–water partition coefficient (Wildman–Crippen LogP) is 0.781. The van der Waals surface area contributed by atoms with Crippen LogP contribution < -0.4 is 5.32 Å². The smallest absolute Gasteiger partial charge is 0.335 e. The van der Waals surface area contributed by atoms with Crippen LogP contribution in [-0.2, 0) is 9.59 Å². The second-order valence-electron chi connectivity index (χ2n) is 4.68. The molecule has 1 aromatic heterocycles. The van der Waals surface area contributed by atoms with Gasteiger partial charge in [0.15, 0.2) is 0 Å². The van der Waals surface area contributed by atoms with E-state index in [1.54, 1.807) is 6.07 Å². The molecule has 1 aliphatic rings. The number of carbonyl (C=O) groups is 3. The highest BCUT2D eigenvalue weighted by Crippen LogP contribution is 2.29. The van der Waals surface area contributed by atoms with Gasteiger partial charge in [-0.2, -0.15) is 5.10 Å². The third-order valence-electron chi connectivity index (χ3n) is 3.42. The van der Waals surface area contributed by atoms with Crippen LogP contribution in [0, 0.1) is 0 Å². The first-order valence-electron chi connectivity index (χ1n) is 6.11. The minimum atomic E-state index is -1.04. The van der Waals surface area contributed by atoms with Gasteiger partial charge in [0.1, 0.15) is 0 Å². The molecule has 102 valence electrons. The number of H-pyrrole nitrogens is 1. The van der Waals surface area contributed by atoms with Crippen molar-refractivity contribution in [2.75, 3.05) is 0 Å². The van der Waals surface area contributed by atoms with Gasteiger partial charge in [0, 0.05) is 11.8 Å². The Morgan fingerprint density at radius 1 is 1.35 bits per heavy atom. The maximum atomic E-state index is 11.9. The minimum absolute atomic E-state index is 0.132. The van der Waals surface area contributed by atoms with Crippen molar-refractivity contribution < 1.29 is 19.5 Å². The molecule has 1 saturated heterocycles. The minimum Gasteiger partial charge on any atom is -0.478 e. The molecule has 0 radical (unpaired) electrons. The summed E-state index contributed by atoms with van der Waals surface area (Å²) in [5.41, 5.74) is 1.27. The number of benzene rings is 1. The number of aromatic carboxylic acids is 1. The van der Waals surface area contributed by atoms with Crippen molar-refractivity contribution in [1.82, 2.24) is 15.5 Å². The van der Waals surface area contributed by atoms with Gasteiger partial charge in [0.25, 0.3) is 0 Å². The van der Waals surface area contributed by atoms with E-state index < -0.39 is 11.9 Å². The molecule has 0 aliphatic carbocycles. The normalized spacial score (nSPS) is 19.1. The van der Waals surface area contributed by atoms with Crippen LogP contribution in [-0.4, -0.2) is 33.1 Å². The number of aromatic amines is 1. The molecule has 0 saturated carbocycles. The number of carboxylic acid groups (broad SMARTS) is 1. The molecular formula is C13H11N3O4. The average Bonchev–Trinajstić information content (AvgIpc) is 2.81. The van der Waals surface area contributed by atoms with Gasteiger partial charge >= 0.3 is 5.97 Å². The van der Waals surface area contributed by atoms with Crippen LogP contribution in [0.25, 0.3) is 10.9 Å². The fourth-order valence-corrected chi connectivity index (χ4v) is 2.40. The molecule has 1 aromatic carbocycles. The number of carbonyl (C=O) groups excluding carboxylic acids is 2. The predicted molar refractivity (Wildman–Crippen MR) is 68.2 cm³/mol. The Bertz CT molecular complexity index is 734. The molecule has 0 spiro atoms. The molecule has 2 heterocycles. The zero-order valence-electron chi connectivity index (χ0n) is 10.3. The largest absolute Gasteiger partial charge is 0.478 e. The number of nitrogens with one attached hydrogen (secondary N) is 2. The van der Waals surface area contributed by atoms with Crippen molar-refractivity contribution >= 4 is 28.7 Å². The van der Waals surface area contributed by atoms with Crippen LogP contribution in [0.3, 0.4) is 0 Å². The van der Waals surface area contributed by atoms with Crippen molar-refractivity contribution in [3.8, 4) is 0 Å². The molecule has 1 unspecified atom stereocenters. The van der Waals surface area contributed by atoms with E-state index in [1.165, 1.54) is 12.1 Å². The number of rotatable bonds is 2. The van der Waals surface area contributed by atoms with Crippen LogP contribution in [0.2, 0.25) is 0 Å². The monoisotopic (exact) mass is 273 g/mol. The number of nitrogens with zero attached hydrogens (tertiary/aromatic N) is 1. The van der Waals surface area contributed by atoms with Gasteiger partial charge in [0.05, 0.1) is 22.7 Å². The lowest BCUT2D eigenvalue weighted by molar-refractivity contribution is -0.134. The Morgan fingerprint density at radius 2 is 2.15 bits per heavy atom. The van der Waals surface area contributed by atoms with E-state index >= 15 is 0 Å². The van der Waals surface area contributed by atoms with E-state index in [9.17, 15) is 14.4 Å². The average molecular weight is 273 g/mol. The molecule has 0 bridgehead atoms. The van der Waals surface area contributed by atoms with E-state index in [0.717, 1.165) is 0 Å². The molecule has 2 amide bonds. The summed E-state index contributed by atoms with van der Waals surface area (Å²) in [7, 11) is 0. The summed E-state index contributed by atoms with van der Waals surface area (Å²) in [6.07, 6.45) is 0.648. The Balaban J connectivity index is 2.07. The summed E-state index contributed by atoms with van der Waals surface area (Å²) in [5, 5.41) is 18.7. The third kappa shape index (κ3) is 1.93. The van der Waals surface area contributed by atoms with Gasteiger partial charge in [-0.15, -0.1) is 0 Å². The van der Waals surface area contributed by atoms with E-state index in [-0.39, 0.29) is 23.8 Å². The summed E-state index contributed by atoms with van der Waals surface area (Å²) in [6, 6.07) is 4.53. The van der Waals surface area contributed by atoms with E-state index in [0.29, 0.717) is 23.0 Å². The van der Waals surface area contributed by atoms with Gasteiger partial charge in [-0.25, -0.2) is 4.79 Å². The van der Waals surface area contributed by atoms with Gasteiger partial charge in [-0.05, 0) is 24.6 Å². The maximum Gasteiger partial charge on any atom is 0.335 e. The van der Waals surface area contributed by atoms with Gasteiger partial charge in [-0.3, -0.25) is 20.0 Å². The van der Waals surface area contributed by atoms with Crippen LogP contribution in [0.15, 0.2) is 18.2 Å². The van der Waals surface area contributed by atoms with Crippen molar-refractivity contribution in [2.24, 2.45) is 0 Å². The van der Waals surface area contributed by atoms with Crippen molar-refractivity contribution in [1.29, 1.82) is 0 Å². The van der Waals surface area contributed by atoms with E-state index in [2.05, 4.69) is 15.5 Å². The number of carboxylic acids is 1. The first-order chi connectivity index (χ1) is 9.56. The van der Waals surface area contributed by atoms with Crippen molar-refractivity contribution in [2.45, 2.75) is 18.8 Å². The summed E-state index contributed by atoms with van der Waals surface area (Å²) in [6.45, 7) is 0. The highest BCUT2D eigenvalue weighted by molar-refractivity contribution is 6.03. The molecule has 3 N–H and O–H groups in total. The topological polar surface area (TPSA) is 112 Å². The SMILES string of the molecule is O=C1CCC(c2[nH]nc3ccc(C(=O)O)cc23)C(=O)N1. The quantitative estimate of drug-likeness (QED) is 0.700. The number of imide groups is 1. The van der Waals surface area contributed by atoms with Gasteiger partial charge < -0.3 is 5.11 Å². The molecule has 20 heavy (non-hydrogen) atoms. The van der Waals surface area contributed by atoms with Crippen LogP contribution in [0.1, 0.15) is 34.8 Å². The van der Waals surface area contributed by atoms with Crippen LogP contribution >= 0.6 is 0 Å². The second-order valence-corrected chi connectivity index (χ2v) is 4.68. The Morgan fingerprint density at radius 3 is 2.85 bits per heavy atom. The molecule has 3 rings (SSSR count). The second kappa shape index (κ2) is 4.44. The van der Waals surface area contributed by atoms with E-state index in [4.69, 9.17) is 5.11 Å². The number of hydrogen-bond acceptors (Lipinski definition) is 4. The maximum absolute atomic E-state index is 11.9. The Labute approximate surface area is 113 Å². The zero-order chi connectivity index (χ0) is 14.3. The van der Waals surface area contributed by atoms with Gasteiger partial charge in [0.2, 0.25) is 11.8 Å². The lowest BCUT2D eigenvalue weighted by Gasteiger charge is -2.19. The Hall–Kier alpha value is -2.70. The first-order valence-corrected chi connectivity index (χ1v) is 6.11. The summed E-state index contributed by atoms with van der Waals surface area (Å²) >= 11 is 0. The lowest BCUT2D eigenvalue weighted by atomic mass is 9.92. The molecule has 1 fully saturated rings. The van der Waals surface area contributed by atoms with Crippen LogP contribution in [0.4, 0.5) is 0 Å². The molecule has 1 atom stereocenters. The molecule has 2 aromatic rings.